The molecule has 9 heteroatoms. The molecule has 4 rings (SSSR count). The fourth-order valence-electron chi connectivity index (χ4n) is 3.31. The van der Waals surface area contributed by atoms with Crippen LogP contribution in [-0.2, 0) is 5.75 Å². The lowest BCUT2D eigenvalue weighted by molar-refractivity contribution is 0.102. The minimum absolute atomic E-state index is 0.271. The van der Waals surface area contributed by atoms with Crippen LogP contribution in [0.15, 0.2) is 65.8 Å². The van der Waals surface area contributed by atoms with Crippen molar-refractivity contribution in [1.29, 1.82) is 0 Å². The number of nitrogens with zero attached hydrogens (tertiary/aromatic N) is 6. The molecule has 0 aliphatic rings. The number of aromatic nitrogens is 5. The first-order chi connectivity index (χ1) is 15.9. The summed E-state index contributed by atoms with van der Waals surface area (Å²) in [6.45, 7) is 3.88. The highest BCUT2D eigenvalue weighted by Gasteiger charge is 2.21. The van der Waals surface area contributed by atoms with Crippen molar-refractivity contribution in [1.82, 2.24) is 25.0 Å². The lowest BCUT2D eigenvalue weighted by atomic mass is 10.2. The second kappa shape index (κ2) is 9.83. The Labute approximate surface area is 197 Å². The van der Waals surface area contributed by atoms with Gasteiger partial charge >= 0.3 is 0 Å². The Bertz CT molecular complexity index is 1230. The van der Waals surface area contributed by atoms with E-state index in [1.807, 2.05) is 93.5 Å². The van der Waals surface area contributed by atoms with Crippen LogP contribution in [-0.4, -0.2) is 45.0 Å². The van der Waals surface area contributed by atoms with Crippen molar-refractivity contribution in [3.05, 3.63) is 83.4 Å². The number of hydrogen-bond acceptors (Lipinski definition) is 7. The monoisotopic (exact) mass is 459 g/mol. The highest BCUT2D eigenvalue weighted by molar-refractivity contribution is 7.98. The lowest BCUT2D eigenvalue weighted by Gasteiger charge is -2.13. The fraction of sp³-hybridized carbons (Fsp3) is 0.208. The van der Waals surface area contributed by atoms with E-state index in [1.54, 1.807) is 4.68 Å². The molecule has 0 aliphatic heterocycles. The molecule has 0 saturated carbocycles. The predicted molar refractivity (Wildman–Crippen MR) is 131 cm³/mol. The second-order valence-electron chi connectivity index (χ2n) is 7.75. The molecule has 0 atom stereocenters. The lowest BCUT2D eigenvalue weighted by Crippen LogP contribution is -2.15. The molecule has 2 heterocycles. The number of nitrogens with one attached hydrogen (secondary N) is 1. The average Bonchev–Trinajstić information content (AvgIpc) is 3.22. The van der Waals surface area contributed by atoms with Crippen LogP contribution in [0.4, 0.5) is 11.4 Å². The van der Waals surface area contributed by atoms with Crippen LogP contribution >= 0.6 is 11.8 Å². The van der Waals surface area contributed by atoms with Gasteiger partial charge in [0, 0.05) is 42.6 Å². The molecule has 2 aromatic heterocycles. The molecule has 0 fully saturated rings. The summed E-state index contributed by atoms with van der Waals surface area (Å²) in [5.74, 6) is 0.124. The van der Waals surface area contributed by atoms with E-state index in [1.165, 1.54) is 11.8 Å². The molecule has 0 unspecified atom stereocenters. The molecule has 0 radical (unpaired) electrons. The minimum atomic E-state index is -0.313. The van der Waals surface area contributed by atoms with Crippen molar-refractivity contribution in [3.63, 3.8) is 0 Å². The molecular weight excluding hydrogens is 434 g/mol. The zero-order valence-electron chi connectivity index (χ0n) is 19.0. The van der Waals surface area contributed by atoms with Crippen LogP contribution in [0.3, 0.4) is 0 Å². The summed E-state index contributed by atoms with van der Waals surface area (Å²) in [6.07, 6.45) is 0. The van der Waals surface area contributed by atoms with Crippen LogP contribution in [0, 0.1) is 13.8 Å². The van der Waals surface area contributed by atoms with Gasteiger partial charge < -0.3 is 10.2 Å². The van der Waals surface area contributed by atoms with Gasteiger partial charge in [0.05, 0.1) is 11.4 Å². The van der Waals surface area contributed by atoms with Crippen molar-refractivity contribution in [2.24, 2.45) is 0 Å². The van der Waals surface area contributed by atoms with Crippen molar-refractivity contribution in [2.45, 2.75) is 24.8 Å². The smallest absolute Gasteiger partial charge is 0.278 e. The number of hydrogen-bond donors (Lipinski definition) is 1. The zero-order chi connectivity index (χ0) is 23.4. The molecule has 168 valence electrons. The number of anilines is 2. The summed E-state index contributed by atoms with van der Waals surface area (Å²) in [6, 6.07) is 19.2. The maximum absolute atomic E-state index is 13.1. The summed E-state index contributed by atoms with van der Waals surface area (Å²) >= 11 is 1.45. The molecule has 0 aliphatic carbocycles. The van der Waals surface area contributed by atoms with E-state index in [4.69, 9.17) is 0 Å². The molecule has 0 bridgehead atoms. The maximum Gasteiger partial charge on any atom is 0.278 e. The van der Waals surface area contributed by atoms with Crippen LogP contribution in [0.1, 0.15) is 27.6 Å². The van der Waals surface area contributed by atoms with E-state index in [0.717, 1.165) is 22.8 Å². The number of aryl methyl sites for hydroxylation is 2. The molecule has 4 aromatic rings. The molecular formula is C24H25N7OS. The third kappa shape index (κ3) is 5.38. The third-order valence-electron chi connectivity index (χ3n) is 4.92. The van der Waals surface area contributed by atoms with E-state index in [0.29, 0.717) is 22.3 Å². The number of rotatable bonds is 7. The van der Waals surface area contributed by atoms with Crippen molar-refractivity contribution in [2.75, 3.05) is 24.3 Å². The highest BCUT2D eigenvalue weighted by atomic mass is 32.2. The summed E-state index contributed by atoms with van der Waals surface area (Å²) in [5.41, 5.74) is 5.32. The molecule has 2 aromatic carbocycles. The fourth-order valence-corrected chi connectivity index (χ4v) is 4.25. The van der Waals surface area contributed by atoms with E-state index < -0.39 is 0 Å². The van der Waals surface area contributed by atoms with Crippen LogP contribution in [0.2, 0.25) is 0 Å². The largest absolute Gasteiger partial charge is 0.378 e. The number of carbonyl (C=O) groups is 1. The molecule has 1 amide bonds. The molecule has 8 nitrogen and oxygen atoms in total. The minimum Gasteiger partial charge on any atom is -0.378 e. The average molecular weight is 460 g/mol. The second-order valence-corrected chi connectivity index (χ2v) is 8.69. The number of thioether (sulfide) groups is 1. The third-order valence-corrected chi connectivity index (χ3v) is 5.78. The Kier molecular flexibility index (Phi) is 6.69. The predicted octanol–water partition coefficient (Wildman–Crippen LogP) is 4.28. The summed E-state index contributed by atoms with van der Waals surface area (Å²) < 4.78 is 1.69. The van der Waals surface area contributed by atoms with Crippen molar-refractivity contribution >= 4 is 29.0 Å². The van der Waals surface area contributed by atoms with Crippen LogP contribution < -0.4 is 10.2 Å². The Hall–Kier alpha value is -3.72. The molecule has 33 heavy (non-hydrogen) atoms. The van der Waals surface area contributed by atoms with Crippen LogP contribution in [0.5, 0.6) is 0 Å². The van der Waals surface area contributed by atoms with Gasteiger partial charge in [-0.1, -0.05) is 35.2 Å². The summed E-state index contributed by atoms with van der Waals surface area (Å²) in [4.78, 5) is 24.1. The SMILES string of the molecule is Cc1cc(C)nc(SCc2c(C(=O)Nc3ccc(N(C)C)cc3)nnn2-c2ccccc2)n1. The van der Waals surface area contributed by atoms with E-state index in [9.17, 15) is 4.79 Å². The van der Waals surface area contributed by atoms with E-state index >= 15 is 0 Å². The van der Waals surface area contributed by atoms with E-state index in [-0.39, 0.29) is 11.6 Å². The number of carbonyl (C=O) groups excluding carboxylic acids is 1. The first-order valence-electron chi connectivity index (χ1n) is 10.4. The Morgan fingerprint density at radius 3 is 2.30 bits per heavy atom. The van der Waals surface area contributed by atoms with Gasteiger partial charge in [0.2, 0.25) is 0 Å². The first kappa shape index (κ1) is 22.5. The van der Waals surface area contributed by atoms with Gasteiger partial charge in [0.15, 0.2) is 10.9 Å². The summed E-state index contributed by atoms with van der Waals surface area (Å²) in [7, 11) is 3.94. The normalized spacial score (nSPS) is 10.8. The molecule has 0 saturated heterocycles. The Balaban J connectivity index is 1.62. The molecule has 0 spiro atoms. The number of amides is 1. The maximum atomic E-state index is 13.1. The Morgan fingerprint density at radius 1 is 1.00 bits per heavy atom. The van der Waals surface area contributed by atoms with Gasteiger partial charge in [0.25, 0.3) is 5.91 Å². The van der Waals surface area contributed by atoms with Crippen molar-refractivity contribution < 1.29 is 4.79 Å². The van der Waals surface area contributed by atoms with Crippen LogP contribution in [0.25, 0.3) is 5.69 Å². The number of benzene rings is 2. The Morgan fingerprint density at radius 2 is 1.67 bits per heavy atom. The zero-order valence-corrected chi connectivity index (χ0v) is 19.8. The standard InChI is InChI=1S/C24H25N7OS/c1-16-14-17(2)26-24(25-16)33-15-21-22(28-29-31(21)20-8-6-5-7-9-20)23(32)27-18-10-12-19(13-11-18)30(3)4/h5-14H,15H2,1-4H3,(H,27,32). The highest BCUT2D eigenvalue weighted by Crippen LogP contribution is 2.24. The summed E-state index contributed by atoms with van der Waals surface area (Å²) in [5, 5.41) is 12.1. The van der Waals surface area contributed by atoms with Gasteiger partial charge in [-0.15, -0.1) is 5.10 Å². The van der Waals surface area contributed by atoms with Crippen molar-refractivity contribution in [3.8, 4) is 5.69 Å². The van der Waals surface area contributed by atoms with Gasteiger partial charge in [-0.3, -0.25) is 4.79 Å². The first-order valence-corrected chi connectivity index (χ1v) is 11.4. The molecule has 1 N–H and O–H groups in total. The topological polar surface area (TPSA) is 88.8 Å². The van der Waals surface area contributed by atoms with E-state index in [2.05, 4.69) is 25.6 Å². The quantitative estimate of drug-likeness (QED) is 0.326. The number of para-hydroxylation sites is 1. The van der Waals surface area contributed by atoms with Gasteiger partial charge in [-0.05, 0) is 56.3 Å². The van der Waals surface area contributed by atoms with Gasteiger partial charge in [-0.25, -0.2) is 14.6 Å². The van der Waals surface area contributed by atoms with Gasteiger partial charge in [0.1, 0.15) is 0 Å². The van der Waals surface area contributed by atoms with Gasteiger partial charge in [-0.2, -0.15) is 0 Å².